The first-order chi connectivity index (χ1) is 22.5. The lowest BCUT2D eigenvalue weighted by Crippen LogP contribution is -2.51. The number of piperazine rings is 1. The van der Waals surface area contributed by atoms with Crippen LogP contribution in [0.15, 0.2) is 71.8 Å². The minimum atomic E-state index is -3.80. The van der Waals surface area contributed by atoms with Gasteiger partial charge in [-0.3, -0.25) is 0 Å². The number of rotatable bonds is 6. The number of aromatic nitrogens is 3. The molecule has 0 aliphatic carbocycles. The van der Waals surface area contributed by atoms with E-state index in [1.54, 1.807) is 18.3 Å². The van der Waals surface area contributed by atoms with Crippen LogP contribution >= 0.6 is 0 Å². The molecular weight excluding hydrogens is 605 g/mol. The molecule has 2 aliphatic rings. The summed E-state index contributed by atoms with van der Waals surface area (Å²) in [6.45, 7) is 17.1. The Bertz CT molecular complexity index is 2080. The zero-order chi connectivity index (χ0) is 33.0. The number of nitrogens with one attached hydrogen (secondary N) is 1. The van der Waals surface area contributed by atoms with Crippen LogP contribution < -0.4 is 15.1 Å². The molecular formula is C38H44N6O2S. The summed E-state index contributed by atoms with van der Waals surface area (Å²) in [6, 6.07) is 19.9. The largest absolute Gasteiger partial charge is 0.366 e. The molecule has 0 bridgehead atoms. The van der Waals surface area contributed by atoms with Crippen molar-refractivity contribution in [2.45, 2.75) is 71.4 Å². The smallest absolute Gasteiger partial charge is 0.268 e. The molecule has 1 fully saturated rings. The predicted molar refractivity (Wildman–Crippen MR) is 191 cm³/mol. The molecule has 2 aliphatic heterocycles. The third-order valence-electron chi connectivity index (χ3n) is 9.86. The Morgan fingerprint density at radius 1 is 0.936 bits per heavy atom. The Morgan fingerprint density at radius 2 is 1.72 bits per heavy atom. The highest BCUT2D eigenvalue weighted by atomic mass is 32.2. The van der Waals surface area contributed by atoms with E-state index in [0.29, 0.717) is 17.3 Å². The maximum absolute atomic E-state index is 13.9. The molecule has 9 heteroatoms. The average Bonchev–Trinajstić information content (AvgIpc) is 3.42. The van der Waals surface area contributed by atoms with Gasteiger partial charge in [-0.1, -0.05) is 55.8 Å². The van der Waals surface area contributed by atoms with Crippen molar-refractivity contribution < 1.29 is 8.42 Å². The summed E-state index contributed by atoms with van der Waals surface area (Å²) < 4.78 is 29.1. The highest BCUT2D eigenvalue weighted by molar-refractivity contribution is 7.90. The van der Waals surface area contributed by atoms with Gasteiger partial charge in [-0.05, 0) is 74.6 Å². The van der Waals surface area contributed by atoms with Crippen molar-refractivity contribution in [1.82, 2.24) is 19.3 Å². The third kappa shape index (κ3) is 5.59. The van der Waals surface area contributed by atoms with E-state index in [2.05, 4.69) is 61.0 Å². The molecule has 7 rings (SSSR count). The molecule has 244 valence electrons. The van der Waals surface area contributed by atoms with Crippen LogP contribution in [0.1, 0.15) is 60.2 Å². The van der Waals surface area contributed by atoms with Gasteiger partial charge < -0.3 is 15.1 Å². The SMILES string of the molecule is Cc1ccc(S(=O)(=O)n2cc(C)c3c(-c4nc5c(c(N6CCNC[C@H]6C)n4)CN(c4cc(C(C)C)ccc4C)CC5)cccc32)cc1. The van der Waals surface area contributed by atoms with Gasteiger partial charge in [0.1, 0.15) is 5.82 Å². The van der Waals surface area contributed by atoms with Crippen molar-refractivity contribution in [2.75, 3.05) is 36.0 Å². The van der Waals surface area contributed by atoms with Crippen LogP contribution in [0.25, 0.3) is 22.3 Å². The molecule has 0 unspecified atom stereocenters. The van der Waals surface area contributed by atoms with Gasteiger partial charge in [0.2, 0.25) is 0 Å². The van der Waals surface area contributed by atoms with E-state index in [1.165, 1.54) is 26.4 Å². The molecule has 2 aromatic heterocycles. The maximum Gasteiger partial charge on any atom is 0.268 e. The van der Waals surface area contributed by atoms with Gasteiger partial charge >= 0.3 is 0 Å². The summed E-state index contributed by atoms with van der Waals surface area (Å²) in [6.07, 6.45) is 2.54. The molecule has 8 nitrogen and oxygen atoms in total. The number of hydrogen-bond acceptors (Lipinski definition) is 7. The Balaban J connectivity index is 1.36. The first kappa shape index (κ1) is 31.4. The Hall–Kier alpha value is -4.21. The predicted octanol–water partition coefficient (Wildman–Crippen LogP) is 6.74. The lowest BCUT2D eigenvalue weighted by Gasteiger charge is -2.39. The van der Waals surface area contributed by atoms with Gasteiger partial charge in [0.05, 0.1) is 16.1 Å². The highest BCUT2D eigenvalue weighted by Crippen LogP contribution is 2.38. The molecule has 0 radical (unpaired) electrons. The first-order valence-electron chi connectivity index (χ1n) is 16.7. The van der Waals surface area contributed by atoms with Gasteiger partial charge in [0.25, 0.3) is 10.0 Å². The second-order valence-electron chi connectivity index (χ2n) is 13.5. The van der Waals surface area contributed by atoms with Crippen molar-refractivity contribution in [3.05, 3.63) is 100 Å². The first-order valence-corrected chi connectivity index (χ1v) is 18.1. The van der Waals surface area contributed by atoms with E-state index in [1.807, 2.05) is 44.2 Å². The van der Waals surface area contributed by atoms with E-state index in [4.69, 9.17) is 9.97 Å². The number of anilines is 2. The minimum Gasteiger partial charge on any atom is -0.366 e. The third-order valence-corrected chi connectivity index (χ3v) is 11.5. The summed E-state index contributed by atoms with van der Waals surface area (Å²) in [4.78, 5) is 15.8. The topological polar surface area (TPSA) is 83.4 Å². The van der Waals surface area contributed by atoms with Gasteiger partial charge in [-0.25, -0.2) is 22.4 Å². The quantitative estimate of drug-likeness (QED) is 0.218. The zero-order valence-corrected chi connectivity index (χ0v) is 29.0. The fraction of sp³-hybridized carbons (Fsp3) is 0.368. The van der Waals surface area contributed by atoms with Crippen LogP contribution in [0.5, 0.6) is 0 Å². The second-order valence-corrected chi connectivity index (χ2v) is 15.4. The van der Waals surface area contributed by atoms with Crippen molar-refractivity contribution >= 4 is 32.4 Å². The molecule has 3 aromatic carbocycles. The van der Waals surface area contributed by atoms with Crippen LogP contribution in [-0.2, 0) is 23.0 Å². The molecule has 1 atom stereocenters. The highest BCUT2D eigenvalue weighted by Gasteiger charge is 2.30. The van der Waals surface area contributed by atoms with Gasteiger partial charge in [-0.2, -0.15) is 0 Å². The monoisotopic (exact) mass is 648 g/mol. The minimum absolute atomic E-state index is 0.268. The fourth-order valence-corrected chi connectivity index (χ4v) is 8.51. The van der Waals surface area contributed by atoms with Crippen molar-refractivity contribution in [3.63, 3.8) is 0 Å². The zero-order valence-electron chi connectivity index (χ0n) is 28.2. The number of aryl methyl sites for hydroxylation is 3. The molecule has 47 heavy (non-hydrogen) atoms. The van der Waals surface area contributed by atoms with E-state index in [-0.39, 0.29) is 10.9 Å². The van der Waals surface area contributed by atoms with Gasteiger partial charge in [0, 0.05) is 73.6 Å². The van der Waals surface area contributed by atoms with Crippen LogP contribution in [0.4, 0.5) is 11.5 Å². The average molecular weight is 649 g/mol. The Kier molecular flexibility index (Phi) is 8.09. The van der Waals surface area contributed by atoms with Crippen LogP contribution in [0.2, 0.25) is 0 Å². The number of hydrogen-bond donors (Lipinski definition) is 1. The molecule has 1 saturated heterocycles. The fourth-order valence-electron chi connectivity index (χ4n) is 7.10. The second kappa shape index (κ2) is 12.1. The summed E-state index contributed by atoms with van der Waals surface area (Å²) in [7, 11) is -3.80. The summed E-state index contributed by atoms with van der Waals surface area (Å²) >= 11 is 0. The van der Waals surface area contributed by atoms with Gasteiger partial charge in [0.15, 0.2) is 5.82 Å². The van der Waals surface area contributed by atoms with Crippen LogP contribution in [-0.4, -0.2) is 54.6 Å². The molecule has 0 saturated carbocycles. The lowest BCUT2D eigenvalue weighted by molar-refractivity contribution is 0.494. The maximum atomic E-state index is 13.9. The number of benzene rings is 3. The normalized spacial score (nSPS) is 17.0. The summed E-state index contributed by atoms with van der Waals surface area (Å²) in [5.41, 5.74) is 9.54. The summed E-state index contributed by atoms with van der Waals surface area (Å²) in [5, 5.41) is 4.39. The van der Waals surface area contributed by atoms with Gasteiger partial charge in [-0.15, -0.1) is 0 Å². The molecule has 4 heterocycles. The van der Waals surface area contributed by atoms with Crippen LogP contribution in [0, 0.1) is 20.8 Å². The van der Waals surface area contributed by atoms with E-state index < -0.39 is 10.0 Å². The van der Waals surface area contributed by atoms with Crippen LogP contribution in [0.3, 0.4) is 0 Å². The van der Waals surface area contributed by atoms with Crippen molar-refractivity contribution in [1.29, 1.82) is 0 Å². The molecule has 0 amide bonds. The number of nitrogens with zero attached hydrogens (tertiary/aromatic N) is 5. The molecule has 1 N–H and O–H groups in total. The van der Waals surface area contributed by atoms with E-state index in [9.17, 15) is 8.42 Å². The van der Waals surface area contributed by atoms with E-state index in [0.717, 1.165) is 72.7 Å². The summed E-state index contributed by atoms with van der Waals surface area (Å²) in [5.74, 6) is 2.10. The number of fused-ring (bicyclic) bond motifs is 2. The standard InChI is InChI=1S/C38H44N6O2S/c1-24(2)29-13-12-26(4)35(20-29)42-18-16-33-32(23-42)38(43-19-17-39-21-28(43)6)41-37(40-33)31-8-7-9-34-36(31)27(5)22-44(34)47(45,46)30-14-10-25(3)11-15-30/h7-15,20,22,24,28,39H,16-19,21,23H2,1-6H3/t28-/m1/s1. The lowest BCUT2D eigenvalue weighted by atomic mass is 9.98. The Labute approximate surface area is 278 Å². The molecule has 5 aromatic rings. The van der Waals surface area contributed by atoms with Crippen molar-refractivity contribution in [2.24, 2.45) is 0 Å². The van der Waals surface area contributed by atoms with E-state index >= 15 is 0 Å². The molecule has 0 spiro atoms. The van der Waals surface area contributed by atoms with Crippen molar-refractivity contribution in [3.8, 4) is 11.4 Å². The Morgan fingerprint density at radius 3 is 2.47 bits per heavy atom.